The van der Waals surface area contributed by atoms with Crippen LogP contribution in [-0.2, 0) is 6.54 Å². The van der Waals surface area contributed by atoms with Crippen molar-refractivity contribution in [2.75, 3.05) is 0 Å². The zero-order chi connectivity index (χ0) is 24.7. The van der Waals surface area contributed by atoms with Gasteiger partial charge in [0.15, 0.2) is 0 Å². The second kappa shape index (κ2) is 9.04. The van der Waals surface area contributed by atoms with Gasteiger partial charge >= 0.3 is 0 Å². The van der Waals surface area contributed by atoms with Crippen LogP contribution in [0.4, 0.5) is 4.39 Å². The molecule has 4 aromatic rings. The molecule has 9 heteroatoms. The maximum absolute atomic E-state index is 13.6. The Morgan fingerprint density at radius 3 is 2.59 bits per heavy atom. The first-order valence-corrected chi connectivity index (χ1v) is 11.2. The number of aryl methyl sites for hydroxylation is 2. The predicted molar refractivity (Wildman–Crippen MR) is 131 cm³/mol. The fourth-order valence-electron chi connectivity index (χ4n) is 4.12. The van der Waals surface area contributed by atoms with E-state index in [4.69, 9.17) is 17.4 Å². The van der Waals surface area contributed by atoms with Crippen molar-refractivity contribution in [1.29, 1.82) is 0 Å². The average molecular weight is 482 g/mol. The van der Waals surface area contributed by atoms with Gasteiger partial charge in [0.1, 0.15) is 0 Å². The van der Waals surface area contributed by atoms with E-state index in [-0.39, 0.29) is 23.7 Å². The maximum Gasteiger partial charge on any atom is 0.268 e. The largest absolute Gasteiger partial charge is 0.343 e. The van der Waals surface area contributed by atoms with Gasteiger partial charge in [0.25, 0.3) is 11.5 Å². The third kappa shape index (κ3) is 4.34. The van der Waals surface area contributed by atoms with E-state index in [0.29, 0.717) is 27.1 Å². The molecule has 0 bridgehead atoms. The van der Waals surface area contributed by atoms with Crippen molar-refractivity contribution >= 4 is 28.4 Å². The molecule has 0 spiro atoms. The first-order chi connectivity index (χ1) is 16.1. The Balaban J connectivity index is 1.85. The summed E-state index contributed by atoms with van der Waals surface area (Å²) in [6.45, 7) is 7.52. The fraction of sp³-hybridized carbons (Fsp3) is 0.240. The highest BCUT2D eigenvalue weighted by atomic mass is 35.5. The number of benzene rings is 1. The van der Waals surface area contributed by atoms with Gasteiger partial charge in [-0.2, -0.15) is 4.39 Å². The van der Waals surface area contributed by atoms with Crippen molar-refractivity contribution in [2.24, 2.45) is 5.84 Å². The van der Waals surface area contributed by atoms with Gasteiger partial charge in [-0.25, -0.2) is 10.8 Å². The summed E-state index contributed by atoms with van der Waals surface area (Å²) in [6, 6.07) is 8.32. The molecular weight excluding hydrogens is 457 g/mol. The van der Waals surface area contributed by atoms with Crippen molar-refractivity contribution in [3.05, 3.63) is 86.4 Å². The number of hydrogen-bond donors (Lipinski definition) is 2. The van der Waals surface area contributed by atoms with Crippen LogP contribution in [-0.4, -0.2) is 25.5 Å². The lowest BCUT2D eigenvalue weighted by molar-refractivity contribution is 0.0744. The van der Waals surface area contributed by atoms with Crippen LogP contribution in [0.25, 0.3) is 22.0 Å². The summed E-state index contributed by atoms with van der Waals surface area (Å²) in [6.07, 6.45) is 3.18. The fourth-order valence-corrected chi connectivity index (χ4v) is 4.43. The Labute approximate surface area is 201 Å². The normalized spacial score (nSPS) is 11.4. The van der Waals surface area contributed by atoms with Crippen molar-refractivity contribution in [3.63, 3.8) is 0 Å². The summed E-state index contributed by atoms with van der Waals surface area (Å²) >= 11 is 6.57. The van der Waals surface area contributed by atoms with Crippen LogP contribution in [0.3, 0.4) is 0 Å². The minimum Gasteiger partial charge on any atom is -0.343 e. The Hall–Kier alpha value is -3.49. The Morgan fingerprint density at radius 1 is 1.24 bits per heavy atom. The van der Waals surface area contributed by atoms with Gasteiger partial charge in [0.05, 0.1) is 22.6 Å². The van der Waals surface area contributed by atoms with E-state index in [2.05, 4.69) is 9.97 Å². The number of H-pyrrole nitrogens is 1. The Kier molecular flexibility index (Phi) is 6.29. The lowest BCUT2D eigenvalue weighted by Crippen LogP contribution is -2.39. The number of rotatable bonds is 5. The predicted octanol–water partition coefficient (Wildman–Crippen LogP) is 4.90. The van der Waals surface area contributed by atoms with Crippen molar-refractivity contribution < 1.29 is 9.18 Å². The molecule has 0 aliphatic heterocycles. The molecule has 176 valence electrons. The summed E-state index contributed by atoms with van der Waals surface area (Å²) < 4.78 is 15.4. The molecule has 0 saturated heterocycles. The van der Waals surface area contributed by atoms with Crippen LogP contribution in [0.1, 0.15) is 47.1 Å². The van der Waals surface area contributed by atoms with Crippen LogP contribution >= 0.6 is 11.6 Å². The van der Waals surface area contributed by atoms with E-state index in [1.807, 2.05) is 30.5 Å². The van der Waals surface area contributed by atoms with E-state index in [1.54, 1.807) is 32.2 Å². The molecule has 3 N–H and O–H groups in total. The molecule has 0 saturated carbocycles. The van der Waals surface area contributed by atoms with Crippen LogP contribution < -0.4 is 11.4 Å². The van der Waals surface area contributed by atoms with Gasteiger partial charge in [-0.05, 0) is 69.2 Å². The average Bonchev–Trinajstić information content (AvgIpc) is 3.12. The highest BCUT2D eigenvalue weighted by molar-refractivity contribution is 6.37. The molecular formula is C25H25ClFN5O2. The monoisotopic (exact) mass is 481 g/mol. The second-order valence-corrected chi connectivity index (χ2v) is 9.05. The highest BCUT2D eigenvalue weighted by Gasteiger charge is 2.23. The Morgan fingerprint density at radius 2 is 1.97 bits per heavy atom. The van der Waals surface area contributed by atoms with Gasteiger partial charge in [-0.15, -0.1) is 0 Å². The Bertz CT molecular complexity index is 1460. The summed E-state index contributed by atoms with van der Waals surface area (Å²) in [5, 5.41) is 1.98. The first-order valence-electron chi connectivity index (χ1n) is 10.8. The summed E-state index contributed by atoms with van der Waals surface area (Å²) in [5.41, 5.74) is 3.91. The molecule has 3 aromatic heterocycles. The maximum atomic E-state index is 13.6. The lowest BCUT2D eigenvalue weighted by Gasteiger charge is -2.19. The minimum absolute atomic E-state index is 0.0716. The molecule has 0 radical (unpaired) electrons. The molecule has 0 aliphatic rings. The summed E-state index contributed by atoms with van der Waals surface area (Å²) in [5.74, 6) is 5.10. The SMILES string of the molecule is Cc1cc(C)c(CN(N)C(=O)c2cc(-c3ccc(F)nc3)cc3c2c(Cl)cn3C(C)C)c(=O)[nH]1. The molecule has 7 nitrogen and oxygen atoms in total. The smallest absolute Gasteiger partial charge is 0.268 e. The van der Waals surface area contributed by atoms with Crippen molar-refractivity contribution in [3.8, 4) is 11.1 Å². The van der Waals surface area contributed by atoms with Crippen LogP contribution in [0.2, 0.25) is 5.02 Å². The van der Waals surface area contributed by atoms with E-state index in [9.17, 15) is 14.0 Å². The zero-order valence-corrected chi connectivity index (χ0v) is 20.1. The zero-order valence-electron chi connectivity index (χ0n) is 19.3. The quantitative estimate of drug-likeness (QED) is 0.183. The molecule has 4 rings (SSSR count). The number of amides is 1. The molecule has 0 aliphatic carbocycles. The minimum atomic E-state index is -0.596. The van der Waals surface area contributed by atoms with Gasteiger partial charge in [0.2, 0.25) is 5.95 Å². The first kappa shape index (κ1) is 23.7. The molecule has 3 heterocycles. The number of carbonyl (C=O) groups is 1. The molecule has 0 fully saturated rings. The van der Waals surface area contributed by atoms with Gasteiger partial charge < -0.3 is 9.55 Å². The molecule has 1 aromatic carbocycles. The number of aromatic nitrogens is 3. The number of nitrogens with two attached hydrogens (primary N) is 1. The number of carbonyl (C=O) groups excluding carboxylic acids is 1. The highest BCUT2D eigenvalue weighted by Crippen LogP contribution is 2.36. The van der Waals surface area contributed by atoms with E-state index < -0.39 is 11.9 Å². The third-order valence-corrected chi connectivity index (χ3v) is 6.10. The van der Waals surface area contributed by atoms with E-state index >= 15 is 0 Å². The number of nitrogens with zero attached hydrogens (tertiary/aromatic N) is 3. The number of nitrogens with one attached hydrogen (secondary N) is 1. The number of fused-ring (bicyclic) bond motifs is 1. The lowest BCUT2D eigenvalue weighted by atomic mass is 10.00. The van der Waals surface area contributed by atoms with Gasteiger partial charge in [-0.3, -0.25) is 14.6 Å². The van der Waals surface area contributed by atoms with Crippen molar-refractivity contribution in [1.82, 2.24) is 19.5 Å². The second-order valence-electron chi connectivity index (χ2n) is 8.64. The molecule has 34 heavy (non-hydrogen) atoms. The summed E-state index contributed by atoms with van der Waals surface area (Å²) in [4.78, 5) is 32.5. The van der Waals surface area contributed by atoms with Crippen LogP contribution in [0, 0.1) is 19.8 Å². The number of hydrogen-bond acceptors (Lipinski definition) is 4. The molecule has 1 amide bonds. The number of pyridine rings is 2. The number of hydrazine groups is 1. The van der Waals surface area contributed by atoms with Gasteiger partial charge in [0, 0.05) is 40.6 Å². The van der Waals surface area contributed by atoms with Crippen LogP contribution in [0.5, 0.6) is 0 Å². The molecule has 0 atom stereocenters. The topological polar surface area (TPSA) is 97.0 Å². The summed E-state index contributed by atoms with van der Waals surface area (Å²) in [7, 11) is 0. The van der Waals surface area contributed by atoms with E-state index in [0.717, 1.165) is 21.8 Å². The molecule has 0 unspecified atom stereocenters. The number of aromatic amines is 1. The number of halogens is 2. The third-order valence-electron chi connectivity index (χ3n) is 5.82. The van der Waals surface area contributed by atoms with Gasteiger partial charge in [-0.1, -0.05) is 11.6 Å². The standard InChI is InChI=1S/C25H25ClFN5O2/c1-13(2)31-12-20(26)23-18(8-17(9-21(23)31)16-5-6-22(27)29-10-16)25(34)32(28)11-19-14(3)7-15(4)30-24(19)33/h5-10,12-13H,11,28H2,1-4H3,(H,30,33). The van der Waals surface area contributed by atoms with Crippen LogP contribution in [0.15, 0.2) is 47.5 Å². The van der Waals surface area contributed by atoms with Crippen molar-refractivity contribution in [2.45, 2.75) is 40.3 Å². The van der Waals surface area contributed by atoms with E-state index in [1.165, 1.54) is 12.3 Å².